The molecule has 0 saturated carbocycles. The van der Waals surface area contributed by atoms with Crippen LogP contribution in [-0.2, 0) is 9.53 Å². The van der Waals surface area contributed by atoms with Crippen LogP contribution in [-0.4, -0.2) is 73.4 Å². The highest BCUT2D eigenvalue weighted by Gasteiger charge is 2.18. The van der Waals surface area contributed by atoms with Gasteiger partial charge in [-0.3, -0.25) is 14.6 Å². The molecule has 0 amide bonds. The molecule has 0 radical (unpaired) electrons. The van der Waals surface area contributed by atoms with Crippen LogP contribution in [0.1, 0.15) is 13.8 Å². The molecule has 0 spiro atoms. The predicted octanol–water partition coefficient (Wildman–Crippen LogP) is -0.204. The highest BCUT2D eigenvalue weighted by atomic mass is 16.5. The average Bonchev–Trinajstić information content (AvgIpc) is 2.29. The van der Waals surface area contributed by atoms with Gasteiger partial charge in [0.15, 0.2) is 0 Å². The Morgan fingerprint density at radius 3 is 2.35 bits per heavy atom. The summed E-state index contributed by atoms with van der Waals surface area (Å²) in [6.45, 7) is 9.45. The Labute approximate surface area is 103 Å². The van der Waals surface area contributed by atoms with E-state index in [-0.39, 0.29) is 12.6 Å². The van der Waals surface area contributed by atoms with Gasteiger partial charge in [-0.25, -0.2) is 0 Å². The fourth-order valence-electron chi connectivity index (χ4n) is 1.80. The smallest absolute Gasteiger partial charge is 0.320 e. The summed E-state index contributed by atoms with van der Waals surface area (Å²) < 4.78 is 5.15. The maximum atomic E-state index is 11.5. The first kappa shape index (κ1) is 14.4. The molecule has 0 aliphatic carbocycles. The predicted molar refractivity (Wildman–Crippen MR) is 65.8 cm³/mol. The van der Waals surface area contributed by atoms with Gasteiger partial charge in [0, 0.05) is 32.7 Å². The molecule has 5 heteroatoms. The zero-order valence-electron chi connectivity index (χ0n) is 10.9. The largest absolute Gasteiger partial charge is 0.464 e. The van der Waals surface area contributed by atoms with E-state index in [1.165, 1.54) is 0 Å². The third kappa shape index (κ3) is 6.00. The number of piperazine rings is 1. The number of hydrogen-bond acceptors (Lipinski definition) is 5. The second-order valence-corrected chi connectivity index (χ2v) is 4.92. The van der Waals surface area contributed by atoms with Crippen molar-refractivity contribution in [1.82, 2.24) is 9.80 Å². The summed E-state index contributed by atoms with van der Waals surface area (Å²) in [4.78, 5) is 15.8. The van der Waals surface area contributed by atoms with Crippen molar-refractivity contribution in [2.75, 3.05) is 52.5 Å². The van der Waals surface area contributed by atoms with Gasteiger partial charge < -0.3 is 9.84 Å². The Morgan fingerprint density at radius 2 is 1.82 bits per heavy atom. The molecule has 5 nitrogen and oxygen atoms in total. The topological polar surface area (TPSA) is 53.0 Å². The Bertz CT molecular complexity index is 226. The Kier molecular flexibility index (Phi) is 6.47. The zero-order chi connectivity index (χ0) is 12.7. The van der Waals surface area contributed by atoms with Crippen molar-refractivity contribution in [2.24, 2.45) is 5.92 Å². The van der Waals surface area contributed by atoms with E-state index in [1.807, 2.05) is 13.8 Å². The van der Waals surface area contributed by atoms with E-state index in [0.717, 1.165) is 32.7 Å². The van der Waals surface area contributed by atoms with Crippen LogP contribution in [0, 0.1) is 5.92 Å². The number of carbonyl (C=O) groups excluding carboxylic acids is 1. The molecule has 0 bridgehead atoms. The highest BCUT2D eigenvalue weighted by Crippen LogP contribution is 2.02. The molecule has 1 rings (SSSR count). The van der Waals surface area contributed by atoms with Crippen LogP contribution in [0.2, 0.25) is 0 Å². The summed E-state index contributed by atoms with van der Waals surface area (Å²) in [5.74, 6) is 0.259. The third-order valence-corrected chi connectivity index (χ3v) is 2.81. The van der Waals surface area contributed by atoms with Crippen LogP contribution in [0.3, 0.4) is 0 Å². The molecule has 17 heavy (non-hydrogen) atoms. The SMILES string of the molecule is CC(C)COC(=O)CN1CCN(CCO)CC1. The fourth-order valence-corrected chi connectivity index (χ4v) is 1.80. The minimum absolute atomic E-state index is 0.130. The summed E-state index contributed by atoms with van der Waals surface area (Å²) in [5, 5.41) is 8.82. The van der Waals surface area contributed by atoms with E-state index >= 15 is 0 Å². The standard InChI is InChI=1S/C12H24N2O3/c1-11(2)10-17-12(16)9-14-5-3-13(4-6-14)7-8-15/h11,15H,3-10H2,1-2H3. The number of ether oxygens (including phenoxy) is 1. The zero-order valence-corrected chi connectivity index (χ0v) is 10.9. The molecule has 0 aromatic carbocycles. The maximum Gasteiger partial charge on any atom is 0.320 e. The van der Waals surface area contributed by atoms with Crippen LogP contribution in [0.15, 0.2) is 0 Å². The number of nitrogens with zero attached hydrogens (tertiary/aromatic N) is 2. The number of aliphatic hydroxyl groups excluding tert-OH is 1. The lowest BCUT2D eigenvalue weighted by molar-refractivity contribution is -0.146. The molecule has 1 fully saturated rings. The fraction of sp³-hybridized carbons (Fsp3) is 0.917. The molecule has 0 atom stereocenters. The van der Waals surface area contributed by atoms with Gasteiger partial charge in [-0.05, 0) is 5.92 Å². The van der Waals surface area contributed by atoms with Gasteiger partial charge in [0.1, 0.15) is 0 Å². The first-order chi connectivity index (χ1) is 8.11. The van der Waals surface area contributed by atoms with Crippen LogP contribution < -0.4 is 0 Å². The number of aliphatic hydroxyl groups is 1. The van der Waals surface area contributed by atoms with E-state index in [9.17, 15) is 4.79 Å². The van der Waals surface area contributed by atoms with Crippen LogP contribution in [0.4, 0.5) is 0 Å². The molecule has 1 N–H and O–H groups in total. The van der Waals surface area contributed by atoms with Crippen LogP contribution in [0.5, 0.6) is 0 Å². The molecule has 0 unspecified atom stereocenters. The number of carbonyl (C=O) groups is 1. The average molecular weight is 244 g/mol. The van der Waals surface area contributed by atoms with E-state index in [4.69, 9.17) is 9.84 Å². The van der Waals surface area contributed by atoms with Gasteiger partial charge >= 0.3 is 5.97 Å². The summed E-state index contributed by atoms with van der Waals surface area (Å²) in [5.41, 5.74) is 0. The summed E-state index contributed by atoms with van der Waals surface area (Å²) in [7, 11) is 0. The van der Waals surface area contributed by atoms with Gasteiger partial charge in [-0.1, -0.05) is 13.8 Å². The van der Waals surface area contributed by atoms with Crippen molar-refractivity contribution in [3.8, 4) is 0 Å². The van der Waals surface area contributed by atoms with E-state index in [1.54, 1.807) is 0 Å². The summed E-state index contributed by atoms with van der Waals surface area (Å²) >= 11 is 0. The minimum Gasteiger partial charge on any atom is -0.464 e. The first-order valence-electron chi connectivity index (χ1n) is 6.33. The first-order valence-corrected chi connectivity index (χ1v) is 6.33. The van der Waals surface area contributed by atoms with Gasteiger partial charge in [-0.2, -0.15) is 0 Å². The molecular formula is C12H24N2O3. The monoisotopic (exact) mass is 244 g/mol. The molecule has 1 saturated heterocycles. The van der Waals surface area contributed by atoms with Crippen molar-refractivity contribution in [1.29, 1.82) is 0 Å². The molecule has 1 aliphatic rings. The lowest BCUT2D eigenvalue weighted by atomic mass is 10.2. The van der Waals surface area contributed by atoms with Crippen LogP contribution >= 0.6 is 0 Å². The van der Waals surface area contributed by atoms with E-state index in [0.29, 0.717) is 19.1 Å². The molecule has 0 aromatic rings. The van der Waals surface area contributed by atoms with Crippen molar-refractivity contribution < 1.29 is 14.6 Å². The molecule has 0 aromatic heterocycles. The van der Waals surface area contributed by atoms with Gasteiger partial charge in [0.25, 0.3) is 0 Å². The van der Waals surface area contributed by atoms with E-state index in [2.05, 4.69) is 9.80 Å². The number of rotatable bonds is 6. The lowest BCUT2D eigenvalue weighted by Crippen LogP contribution is -2.48. The summed E-state index contributed by atoms with van der Waals surface area (Å²) in [6, 6.07) is 0. The van der Waals surface area contributed by atoms with Crippen molar-refractivity contribution in [3.05, 3.63) is 0 Å². The Balaban J connectivity index is 2.14. The number of hydrogen-bond donors (Lipinski definition) is 1. The molecular weight excluding hydrogens is 220 g/mol. The van der Waals surface area contributed by atoms with Gasteiger partial charge in [0.05, 0.1) is 19.8 Å². The van der Waals surface area contributed by atoms with Gasteiger partial charge in [0.2, 0.25) is 0 Å². The van der Waals surface area contributed by atoms with Crippen molar-refractivity contribution >= 4 is 5.97 Å². The quantitative estimate of drug-likeness (QED) is 0.656. The normalized spacial score (nSPS) is 18.6. The Hall–Kier alpha value is -0.650. The second-order valence-electron chi connectivity index (χ2n) is 4.92. The molecule has 100 valence electrons. The number of esters is 1. The van der Waals surface area contributed by atoms with Crippen molar-refractivity contribution in [2.45, 2.75) is 13.8 Å². The number of β-amino-alcohol motifs (C(OH)–C–C–N with tert-alkyl or cyclic N) is 1. The molecule has 1 heterocycles. The molecule has 1 aliphatic heterocycles. The minimum atomic E-state index is -0.130. The third-order valence-electron chi connectivity index (χ3n) is 2.81. The van der Waals surface area contributed by atoms with Crippen molar-refractivity contribution in [3.63, 3.8) is 0 Å². The van der Waals surface area contributed by atoms with E-state index < -0.39 is 0 Å². The lowest BCUT2D eigenvalue weighted by Gasteiger charge is -2.33. The highest BCUT2D eigenvalue weighted by molar-refractivity contribution is 5.71. The van der Waals surface area contributed by atoms with Crippen LogP contribution in [0.25, 0.3) is 0 Å². The second kappa shape index (κ2) is 7.63. The Morgan fingerprint density at radius 1 is 1.24 bits per heavy atom. The van der Waals surface area contributed by atoms with Gasteiger partial charge in [-0.15, -0.1) is 0 Å². The summed E-state index contributed by atoms with van der Waals surface area (Å²) in [6.07, 6.45) is 0. The maximum absolute atomic E-state index is 11.5.